The fourth-order valence-electron chi connectivity index (χ4n) is 2.45. The van der Waals surface area contributed by atoms with Gasteiger partial charge in [0.05, 0.1) is 24.5 Å². The smallest absolute Gasteiger partial charge is 0.251 e. The normalized spacial score (nSPS) is 13.4. The molecular weight excluding hydrogens is 412 g/mol. The number of amides is 2. The van der Waals surface area contributed by atoms with Gasteiger partial charge in [0.1, 0.15) is 5.00 Å². The van der Waals surface area contributed by atoms with E-state index in [9.17, 15) is 9.59 Å². The maximum Gasteiger partial charge on any atom is 0.251 e. The van der Waals surface area contributed by atoms with Crippen LogP contribution in [0.15, 0.2) is 33.6 Å². The molecule has 2 aromatic rings. The van der Waals surface area contributed by atoms with Crippen LogP contribution < -0.4 is 11.1 Å². The summed E-state index contributed by atoms with van der Waals surface area (Å²) in [6.45, 7) is 1.02. The van der Waals surface area contributed by atoms with Crippen molar-refractivity contribution in [3.63, 3.8) is 0 Å². The maximum absolute atomic E-state index is 12.3. The van der Waals surface area contributed by atoms with E-state index >= 15 is 0 Å². The van der Waals surface area contributed by atoms with Crippen LogP contribution in [0.5, 0.6) is 0 Å². The Morgan fingerprint density at radius 2 is 2.17 bits per heavy atom. The topological polar surface area (TPSA) is 81.4 Å². The third kappa shape index (κ3) is 3.83. The van der Waals surface area contributed by atoms with Crippen molar-refractivity contribution in [1.82, 2.24) is 0 Å². The Balaban J connectivity index is 1.71. The van der Waals surface area contributed by atoms with Gasteiger partial charge in [0.2, 0.25) is 5.91 Å². The Labute approximate surface area is 156 Å². The molecule has 3 N–H and O–H groups in total. The van der Waals surface area contributed by atoms with Crippen LogP contribution in [-0.2, 0) is 22.6 Å². The van der Waals surface area contributed by atoms with E-state index in [-0.39, 0.29) is 11.7 Å². The number of rotatable bonds is 5. The molecule has 0 spiro atoms. The van der Waals surface area contributed by atoms with Gasteiger partial charge in [-0.1, -0.05) is 12.1 Å². The van der Waals surface area contributed by atoms with E-state index in [4.69, 9.17) is 10.5 Å². The molecule has 8 heteroatoms. The highest BCUT2D eigenvalue weighted by Gasteiger charge is 2.25. The average molecular weight is 427 g/mol. The first-order valence-electron chi connectivity index (χ1n) is 7.25. The van der Waals surface area contributed by atoms with Crippen molar-refractivity contribution in [3.8, 4) is 0 Å². The third-order valence-electron chi connectivity index (χ3n) is 3.52. The molecule has 1 aliphatic rings. The minimum Gasteiger partial charge on any atom is -0.376 e. The Morgan fingerprint density at radius 1 is 1.38 bits per heavy atom. The summed E-state index contributed by atoms with van der Waals surface area (Å²) in [5.74, 6) is -0.430. The number of halogens is 1. The first-order chi connectivity index (χ1) is 11.6. The van der Waals surface area contributed by atoms with Gasteiger partial charge in [-0.2, -0.15) is 0 Å². The zero-order valence-corrected chi connectivity index (χ0v) is 15.9. The van der Waals surface area contributed by atoms with Gasteiger partial charge >= 0.3 is 0 Å². The molecule has 0 fully saturated rings. The number of ether oxygens (including phenoxy) is 1. The SMILES string of the molecule is NC(=O)c1c(NC(=O)CSc2ccccc2Br)sc2c1CCOC2. The number of carbonyl (C=O) groups is 2. The van der Waals surface area contributed by atoms with Crippen molar-refractivity contribution in [2.24, 2.45) is 5.73 Å². The first kappa shape index (κ1) is 17.5. The molecule has 24 heavy (non-hydrogen) atoms. The summed E-state index contributed by atoms with van der Waals surface area (Å²) in [6.07, 6.45) is 0.645. The Bertz CT molecular complexity index is 792. The van der Waals surface area contributed by atoms with Gasteiger partial charge in [-0.25, -0.2) is 0 Å². The number of nitrogens with two attached hydrogens (primary N) is 1. The van der Waals surface area contributed by atoms with Gasteiger partial charge in [-0.15, -0.1) is 23.1 Å². The Hall–Kier alpha value is -1.35. The molecule has 3 rings (SSSR count). The average Bonchev–Trinajstić information content (AvgIpc) is 2.92. The van der Waals surface area contributed by atoms with Gasteiger partial charge in [0, 0.05) is 14.2 Å². The quantitative estimate of drug-likeness (QED) is 0.717. The molecular formula is C16H15BrN2O3S2. The van der Waals surface area contributed by atoms with Crippen molar-refractivity contribution in [2.75, 3.05) is 17.7 Å². The van der Waals surface area contributed by atoms with Gasteiger partial charge in [0.25, 0.3) is 5.91 Å². The number of anilines is 1. The molecule has 5 nitrogen and oxygen atoms in total. The van der Waals surface area contributed by atoms with Gasteiger partial charge < -0.3 is 15.8 Å². The van der Waals surface area contributed by atoms with Crippen LogP contribution in [0.1, 0.15) is 20.8 Å². The van der Waals surface area contributed by atoms with Gasteiger partial charge in [0.15, 0.2) is 0 Å². The van der Waals surface area contributed by atoms with Crippen LogP contribution in [-0.4, -0.2) is 24.2 Å². The van der Waals surface area contributed by atoms with E-state index in [1.54, 1.807) is 0 Å². The van der Waals surface area contributed by atoms with Crippen molar-refractivity contribution < 1.29 is 14.3 Å². The number of hydrogen-bond acceptors (Lipinski definition) is 5. The molecule has 2 heterocycles. The van der Waals surface area contributed by atoms with E-state index in [1.165, 1.54) is 23.1 Å². The van der Waals surface area contributed by atoms with Crippen LogP contribution in [0, 0.1) is 0 Å². The third-order valence-corrected chi connectivity index (χ3v) is 6.66. The molecule has 2 amide bonds. The second-order valence-electron chi connectivity index (χ2n) is 5.14. The number of nitrogens with one attached hydrogen (secondary N) is 1. The van der Waals surface area contributed by atoms with Crippen molar-refractivity contribution in [2.45, 2.75) is 17.9 Å². The molecule has 0 radical (unpaired) electrons. The fraction of sp³-hybridized carbons (Fsp3) is 0.250. The van der Waals surface area contributed by atoms with Crippen LogP contribution in [0.4, 0.5) is 5.00 Å². The van der Waals surface area contributed by atoms with Crippen molar-refractivity contribution in [1.29, 1.82) is 0 Å². The second-order valence-corrected chi connectivity index (χ2v) is 8.12. The summed E-state index contributed by atoms with van der Waals surface area (Å²) in [5.41, 5.74) is 6.85. The minimum atomic E-state index is -0.511. The van der Waals surface area contributed by atoms with E-state index < -0.39 is 5.91 Å². The summed E-state index contributed by atoms with van der Waals surface area (Å²) in [7, 11) is 0. The summed E-state index contributed by atoms with van der Waals surface area (Å²) >= 11 is 6.25. The molecule has 0 atom stereocenters. The highest BCUT2D eigenvalue weighted by Crippen LogP contribution is 2.36. The molecule has 0 saturated carbocycles. The number of benzene rings is 1. The second kappa shape index (κ2) is 7.69. The number of primary amides is 1. The predicted octanol–water partition coefficient (Wildman–Crippen LogP) is 3.41. The number of carbonyl (C=O) groups excluding carboxylic acids is 2. The predicted molar refractivity (Wildman–Crippen MR) is 99.7 cm³/mol. The summed E-state index contributed by atoms with van der Waals surface area (Å²) < 4.78 is 6.35. The van der Waals surface area contributed by atoms with E-state index in [0.29, 0.717) is 30.2 Å². The van der Waals surface area contributed by atoms with E-state index in [0.717, 1.165) is 19.8 Å². The van der Waals surface area contributed by atoms with Crippen LogP contribution in [0.2, 0.25) is 0 Å². The maximum atomic E-state index is 12.3. The first-order valence-corrected chi connectivity index (χ1v) is 9.85. The fourth-order valence-corrected chi connectivity index (χ4v) is 5.02. The zero-order chi connectivity index (χ0) is 17.1. The highest BCUT2D eigenvalue weighted by atomic mass is 79.9. The van der Waals surface area contributed by atoms with Crippen LogP contribution >= 0.6 is 39.0 Å². The summed E-state index contributed by atoms with van der Waals surface area (Å²) in [4.78, 5) is 26.0. The molecule has 0 unspecified atom stereocenters. The Morgan fingerprint density at radius 3 is 2.92 bits per heavy atom. The molecule has 1 aromatic carbocycles. The summed E-state index contributed by atoms with van der Waals surface area (Å²) in [6, 6.07) is 7.71. The zero-order valence-electron chi connectivity index (χ0n) is 12.6. The lowest BCUT2D eigenvalue weighted by atomic mass is 10.1. The van der Waals surface area contributed by atoms with Crippen LogP contribution in [0.25, 0.3) is 0 Å². The minimum absolute atomic E-state index is 0.169. The van der Waals surface area contributed by atoms with Gasteiger partial charge in [-0.3, -0.25) is 9.59 Å². The lowest BCUT2D eigenvalue weighted by Gasteiger charge is -2.12. The van der Waals surface area contributed by atoms with Gasteiger partial charge in [-0.05, 0) is 40.0 Å². The molecule has 1 aromatic heterocycles. The lowest BCUT2D eigenvalue weighted by molar-refractivity contribution is -0.113. The molecule has 0 aliphatic carbocycles. The standard InChI is InChI=1S/C16H15BrN2O3S2/c17-10-3-1-2-4-11(10)23-8-13(20)19-16-14(15(18)21)9-5-6-22-7-12(9)24-16/h1-4H,5-8H2,(H2,18,21)(H,19,20). The largest absolute Gasteiger partial charge is 0.376 e. The number of fused-ring (bicyclic) bond motifs is 1. The highest BCUT2D eigenvalue weighted by molar-refractivity contribution is 9.10. The molecule has 1 aliphatic heterocycles. The molecule has 126 valence electrons. The monoisotopic (exact) mass is 426 g/mol. The lowest BCUT2D eigenvalue weighted by Crippen LogP contribution is -2.20. The molecule has 0 bridgehead atoms. The number of thioether (sulfide) groups is 1. The Kier molecular flexibility index (Phi) is 5.60. The van der Waals surface area contributed by atoms with E-state index in [1.807, 2.05) is 24.3 Å². The van der Waals surface area contributed by atoms with Crippen molar-refractivity contribution >= 4 is 55.8 Å². The van der Waals surface area contributed by atoms with Crippen LogP contribution in [0.3, 0.4) is 0 Å². The number of thiophene rings is 1. The molecule has 0 saturated heterocycles. The van der Waals surface area contributed by atoms with E-state index in [2.05, 4.69) is 21.2 Å². The summed E-state index contributed by atoms with van der Waals surface area (Å²) in [5, 5.41) is 3.35. The number of hydrogen-bond donors (Lipinski definition) is 2. The van der Waals surface area contributed by atoms with Crippen molar-refractivity contribution in [3.05, 3.63) is 44.7 Å².